The van der Waals surface area contributed by atoms with Gasteiger partial charge in [-0.25, -0.2) is 0 Å². The minimum Gasteiger partial charge on any atom is -0.352 e. The van der Waals surface area contributed by atoms with E-state index >= 15 is 0 Å². The molecule has 0 bridgehead atoms. The average molecular weight is 246 g/mol. The summed E-state index contributed by atoms with van der Waals surface area (Å²) in [6.45, 7) is 2.67. The van der Waals surface area contributed by atoms with Gasteiger partial charge in [-0.15, -0.1) is 0 Å². The van der Waals surface area contributed by atoms with Gasteiger partial charge in [0.15, 0.2) is 0 Å². The summed E-state index contributed by atoms with van der Waals surface area (Å²) >= 11 is 0. The smallest absolute Gasteiger partial charge is 0.220 e. The summed E-state index contributed by atoms with van der Waals surface area (Å²) in [5.74, 6) is 0.501. The predicted octanol–water partition coefficient (Wildman–Crippen LogP) is 2.13. The Morgan fingerprint density at radius 2 is 2.28 bits per heavy atom. The minimum absolute atomic E-state index is 0.124. The number of carbonyl (C=O) groups excluding carboxylic acids is 1. The van der Waals surface area contributed by atoms with Crippen LogP contribution in [-0.4, -0.2) is 11.9 Å². The maximum Gasteiger partial charge on any atom is 0.220 e. The maximum absolute atomic E-state index is 11.8. The molecule has 1 aliphatic carbocycles. The molecule has 0 unspecified atom stereocenters. The molecule has 1 fully saturated rings. The van der Waals surface area contributed by atoms with E-state index in [1.165, 1.54) is 5.56 Å². The molecule has 3 N–H and O–H groups in total. The topological polar surface area (TPSA) is 55.1 Å². The van der Waals surface area contributed by atoms with Crippen molar-refractivity contribution in [3.8, 4) is 0 Å². The zero-order valence-electron chi connectivity index (χ0n) is 11.0. The number of nitrogens with one attached hydrogen (secondary N) is 1. The number of nitrogens with two attached hydrogens (primary N) is 1. The van der Waals surface area contributed by atoms with Crippen molar-refractivity contribution in [3.63, 3.8) is 0 Å². The van der Waals surface area contributed by atoms with Gasteiger partial charge in [0.1, 0.15) is 0 Å². The van der Waals surface area contributed by atoms with E-state index in [-0.39, 0.29) is 11.9 Å². The summed E-state index contributed by atoms with van der Waals surface area (Å²) in [5.41, 5.74) is 8.35. The molecule has 1 aromatic rings. The van der Waals surface area contributed by atoms with Crippen LogP contribution < -0.4 is 11.1 Å². The fraction of sp³-hybridized carbons (Fsp3) is 0.533. The van der Waals surface area contributed by atoms with E-state index in [0.717, 1.165) is 24.8 Å². The highest BCUT2D eigenvalue weighted by Crippen LogP contribution is 2.26. The lowest BCUT2D eigenvalue weighted by atomic mass is 10.00. The van der Waals surface area contributed by atoms with Crippen molar-refractivity contribution >= 4 is 5.91 Å². The molecule has 18 heavy (non-hydrogen) atoms. The van der Waals surface area contributed by atoms with Crippen LogP contribution in [0.5, 0.6) is 0 Å². The van der Waals surface area contributed by atoms with Crippen LogP contribution in [0.25, 0.3) is 0 Å². The molecule has 2 rings (SSSR count). The molecule has 0 spiro atoms. The summed E-state index contributed by atoms with van der Waals surface area (Å²) in [6, 6.07) is 8.43. The normalized spacial score (nSPS) is 23.0. The first-order chi connectivity index (χ1) is 8.65. The summed E-state index contributed by atoms with van der Waals surface area (Å²) in [5, 5.41) is 2.98. The molecule has 3 heteroatoms. The van der Waals surface area contributed by atoms with Crippen molar-refractivity contribution in [1.82, 2.24) is 5.32 Å². The van der Waals surface area contributed by atoms with Gasteiger partial charge >= 0.3 is 0 Å². The number of aryl methyl sites for hydroxylation is 1. The monoisotopic (exact) mass is 246 g/mol. The van der Waals surface area contributed by atoms with Gasteiger partial charge < -0.3 is 11.1 Å². The van der Waals surface area contributed by atoms with Crippen molar-refractivity contribution < 1.29 is 4.79 Å². The van der Waals surface area contributed by atoms with E-state index < -0.39 is 0 Å². The van der Waals surface area contributed by atoms with Gasteiger partial charge in [0.25, 0.3) is 0 Å². The number of amides is 1. The van der Waals surface area contributed by atoms with Gasteiger partial charge in [-0.05, 0) is 31.2 Å². The molecule has 1 aromatic carbocycles. The third kappa shape index (κ3) is 3.57. The second-order valence-corrected chi connectivity index (χ2v) is 5.32. The molecule has 3 nitrogen and oxygen atoms in total. The SMILES string of the molecule is Cc1cccc(CNC(=O)C[C@@H]2CCC[C@H]2N)c1. The van der Waals surface area contributed by atoms with Gasteiger partial charge in [-0.3, -0.25) is 4.79 Å². The number of hydrogen-bond donors (Lipinski definition) is 2. The van der Waals surface area contributed by atoms with Gasteiger partial charge in [0, 0.05) is 19.0 Å². The molecule has 0 radical (unpaired) electrons. The third-order valence-electron chi connectivity index (χ3n) is 3.74. The Morgan fingerprint density at radius 1 is 1.44 bits per heavy atom. The fourth-order valence-corrected chi connectivity index (χ4v) is 2.65. The number of benzene rings is 1. The largest absolute Gasteiger partial charge is 0.352 e. The van der Waals surface area contributed by atoms with Gasteiger partial charge in [-0.1, -0.05) is 36.2 Å². The highest BCUT2D eigenvalue weighted by molar-refractivity contribution is 5.76. The van der Waals surface area contributed by atoms with Crippen LogP contribution in [0.3, 0.4) is 0 Å². The number of hydrogen-bond acceptors (Lipinski definition) is 2. The lowest BCUT2D eigenvalue weighted by Gasteiger charge is -2.14. The van der Waals surface area contributed by atoms with Crippen LogP contribution in [-0.2, 0) is 11.3 Å². The second-order valence-electron chi connectivity index (χ2n) is 5.32. The minimum atomic E-state index is 0.124. The Balaban J connectivity index is 1.78. The van der Waals surface area contributed by atoms with Crippen LogP contribution in [0.15, 0.2) is 24.3 Å². The fourth-order valence-electron chi connectivity index (χ4n) is 2.65. The first kappa shape index (κ1) is 13.1. The van der Waals surface area contributed by atoms with E-state index in [9.17, 15) is 4.79 Å². The molecule has 0 saturated heterocycles. The molecule has 2 atom stereocenters. The lowest BCUT2D eigenvalue weighted by Crippen LogP contribution is -2.31. The van der Waals surface area contributed by atoms with Gasteiger partial charge in [-0.2, -0.15) is 0 Å². The molecule has 0 aromatic heterocycles. The van der Waals surface area contributed by atoms with E-state index in [1.807, 2.05) is 12.1 Å². The molecule has 1 saturated carbocycles. The summed E-state index contributed by atoms with van der Waals surface area (Å²) in [4.78, 5) is 11.8. The zero-order valence-corrected chi connectivity index (χ0v) is 11.0. The van der Waals surface area contributed by atoms with Crippen LogP contribution in [0.2, 0.25) is 0 Å². The number of carbonyl (C=O) groups is 1. The third-order valence-corrected chi connectivity index (χ3v) is 3.74. The molecular formula is C15H22N2O. The van der Waals surface area contributed by atoms with E-state index in [4.69, 9.17) is 5.73 Å². The number of rotatable bonds is 4. The predicted molar refractivity (Wildman–Crippen MR) is 73.0 cm³/mol. The summed E-state index contributed by atoms with van der Waals surface area (Å²) in [7, 11) is 0. The van der Waals surface area contributed by atoms with Crippen molar-refractivity contribution in [1.29, 1.82) is 0 Å². The van der Waals surface area contributed by atoms with Crippen molar-refractivity contribution in [2.24, 2.45) is 11.7 Å². The van der Waals surface area contributed by atoms with E-state index in [2.05, 4.69) is 24.4 Å². The molecule has 0 heterocycles. The Bertz CT molecular complexity index is 417. The Kier molecular flexibility index (Phi) is 4.37. The molecule has 1 amide bonds. The van der Waals surface area contributed by atoms with Crippen LogP contribution >= 0.6 is 0 Å². The van der Waals surface area contributed by atoms with Gasteiger partial charge in [0.2, 0.25) is 5.91 Å². The highest BCUT2D eigenvalue weighted by atomic mass is 16.1. The standard InChI is InChI=1S/C15H22N2O/c1-11-4-2-5-12(8-11)10-17-15(18)9-13-6-3-7-14(13)16/h2,4-5,8,13-14H,3,6-7,9-10,16H2,1H3,(H,17,18)/t13-,14+/m0/s1. The lowest BCUT2D eigenvalue weighted by molar-refractivity contribution is -0.122. The van der Waals surface area contributed by atoms with Crippen LogP contribution in [0, 0.1) is 12.8 Å². The summed E-state index contributed by atoms with van der Waals surface area (Å²) in [6.07, 6.45) is 3.90. The average Bonchev–Trinajstić information content (AvgIpc) is 2.73. The maximum atomic E-state index is 11.8. The van der Waals surface area contributed by atoms with Crippen molar-refractivity contribution in [2.45, 2.75) is 45.2 Å². The quantitative estimate of drug-likeness (QED) is 0.855. The van der Waals surface area contributed by atoms with Crippen LogP contribution in [0.1, 0.15) is 36.8 Å². The first-order valence-electron chi connectivity index (χ1n) is 6.73. The summed E-state index contributed by atoms with van der Waals surface area (Å²) < 4.78 is 0. The zero-order chi connectivity index (χ0) is 13.0. The van der Waals surface area contributed by atoms with Crippen LogP contribution in [0.4, 0.5) is 0 Å². The highest BCUT2D eigenvalue weighted by Gasteiger charge is 2.25. The molecular weight excluding hydrogens is 224 g/mol. The van der Waals surface area contributed by atoms with E-state index in [0.29, 0.717) is 18.9 Å². The van der Waals surface area contributed by atoms with Crippen molar-refractivity contribution in [2.75, 3.05) is 0 Å². The van der Waals surface area contributed by atoms with E-state index in [1.54, 1.807) is 0 Å². The van der Waals surface area contributed by atoms with Gasteiger partial charge in [0.05, 0.1) is 0 Å². The Hall–Kier alpha value is -1.35. The molecule has 98 valence electrons. The Labute approximate surface area is 109 Å². The Morgan fingerprint density at radius 3 is 2.94 bits per heavy atom. The molecule has 0 aliphatic heterocycles. The molecule has 1 aliphatic rings. The van der Waals surface area contributed by atoms with Crippen molar-refractivity contribution in [3.05, 3.63) is 35.4 Å². The first-order valence-corrected chi connectivity index (χ1v) is 6.73. The second kappa shape index (κ2) is 6.01.